The largest absolute Gasteiger partial charge is 0.369 e. The van der Waals surface area contributed by atoms with Crippen molar-refractivity contribution < 1.29 is 4.74 Å². The number of benzene rings is 1. The van der Waals surface area contributed by atoms with Gasteiger partial charge in [0.15, 0.2) is 18.3 Å². The van der Waals surface area contributed by atoms with Crippen LogP contribution >= 0.6 is 11.8 Å². The summed E-state index contributed by atoms with van der Waals surface area (Å²) in [6, 6.07) is 8.23. The molecule has 0 bridgehead atoms. The van der Waals surface area contributed by atoms with Crippen molar-refractivity contribution in [2.45, 2.75) is 25.4 Å². The number of rotatable bonds is 2. The summed E-state index contributed by atoms with van der Waals surface area (Å²) >= 11 is 6.33. The molecule has 144 valence electrons. The molecular weight excluding hydrogens is 380 g/mol. The predicted molar refractivity (Wildman–Crippen MR) is 104 cm³/mol. The van der Waals surface area contributed by atoms with Crippen LogP contribution in [0.25, 0.3) is 0 Å². The minimum atomic E-state index is -0.373. The van der Waals surface area contributed by atoms with Crippen LogP contribution in [0.4, 0.5) is 5.69 Å². The summed E-state index contributed by atoms with van der Waals surface area (Å²) in [6.45, 7) is 3.85. The standard InChI is InChI=1S/C18H19ClN8O/c1-18(7-4-8-28-18)15-9-25(22-21-15)26-11-20-17-13-5-2-3-6-14(13)24-12-23(19)10-16(24)27(17)26/h2-3,5-6,9-10H,4,7-8,11-12H2,1H3. The molecule has 5 heterocycles. The van der Waals surface area contributed by atoms with E-state index >= 15 is 0 Å². The Morgan fingerprint density at radius 3 is 3.00 bits per heavy atom. The Bertz CT molecular complexity index is 1010. The quantitative estimate of drug-likeness (QED) is 0.716. The summed E-state index contributed by atoms with van der Waals surface area (Å²) in [4.78, 5) is 8.69. The van der Waals surface area contributed by atoms with Gasteiger partial charge in [-0.2, -0.15) is 10.1 Å². The zero-order valence-electron chi connectivity index (χ0n) is 15.4. The van der Waals surface area contributed by atoms with Crippen molar-refractivity contribution in [2.75, 3.05) is 30.0 Å². The summed E-state index contributed by atoms with van der Waals surface area (Å²) in [5, 5.41) is 12.8. The Balaban J connectivity index is 1.41. The van der Waals surface area contributed by atoms with Gasteiger partial charge in [0.2, 0.25) is 0 Å². The van der Waals surface area contributed by atoms with Crippen LogP contribution < -0.4 is 10.0 Å². The van der Waals surface area contributed by atoms with Crippen LogP contribution in [0.15, 0.2) is 47.5 Å². The normalized spacial score (nSPS) is 25.6. The van der Waals surface area contributed by atoms with Crippen LogP contribution in [0.3, 0.4) is 0 Å². The van der Waals surface area contributed by atoms with Gasteiger partial charge in [0.05, 0.1) is 18.1 Å². The van der Waals surface area contributed by atoms with E-state index in [1.54, 1.807) is 9.21 Å². The molecule has 1 saturated heterocycles. The summed E-state index contributed by atoms with van der Waals surface area (Å²) in [6.07, 6.45) is 5.83. The molecule has 1 unspecified atom stereocenters. The smallest absolute Gasteiger partial charge is 0.162 e. The average molecular weight is 399 g/mol. The highest BCUT2D eigenvalue weighted by atomic mass is 35.5. The third-order valence-electron chi connectivity index (χ3n) is 5.72. The number of nitrogens with zero attached hydrogens (tertiary/aromatic N) is 8. The molecular formula is C18H19ClN8O. The van der Waals surface area contributed by atoms with Gasteiger partial charge in [0.25, 0.3) is 0 Å². The first-order valence-electron chi connectivity index (χ1n) is 9.34. The van der Waals surface area contributed by atoms with Crippen LogP contribution in [0.5, 0.6) is 0 Å². The lowest BCUT2D eigenvalue weighted by Gasteiger charge is -2.39. The number of para-hydroxylation sites is 1. The number of halogens is 1. The van der Waals surface area contributed by atoms with Gasteiger partial charge >= 0.3 is 0 Å². The van der Waals surface area contributed by atoms with Crippen molar-refractivity contribution in [3.05, 3.63) is 53.7 Å². The SMILES string of the molecule is CC1(c2cn(N3CN=C4c5ccccc5N5CN(Cl)C=C5N43)nn2)CCCO1. The molecule has 6 rings (SSSR count). The van der Waals surface area contributed by atoms with E-state index in [9.17, 15) is 0 Å². The zero-order chi connectivity index (χ0) is 18.9. The predicted octanol–water partition coefficient (Wildman–Crippen LogP) is 1.92. The topological polar surface area (TPSA) is 65.3 Å². The van der Waals surface area contributed by atoms with E-state index < -0.39 is 0 Å². The van der Waals surface area contributed by atoms with E-state index in [0.29, 0.717) is 13.3 Å². The number of aromatic nitrogens is 3. The van der Waals surface area contributed by atoms with E-state index in [2.05, 4.69) is 34.3 Å². The molecule has 0 radical (unpaired) electrons. The molecule has 0 aliphatic carbocycles. The lowest BCUT2D eigenvalue weighted by Crippen LogP contribution is -2.53. The molecule has 4 aliphatic rings. The summed E-state index contributed by atoms with van der Waals surface area (Å²) < 4.78 is 7.56. The van der Waals surface area contributed by atoms with Crippen molar-refractivity contribution in [3.63, 3.8) is 0 Å². The lowest BCUT2D eigenvalue weighted by molar-refractivity contribution is 0.0131. The van der Waals surface area contributed by atoms with Crippen LogP contribution in [0.2, 0.25) is 0 Å². The van der Waals surface area contributed by atoms with E-state index in [-0.39, 0.29) is 5.60 Å². The first-order valence-corrected chi connectivity index (χ1v) is 9.68. The Kier molecular flexibility index (Phi) is 3.25. The Labute approximate surface area is 167 Å². The lowest BCUT2D eigenvalue weighted by atomic mass is 10.00. The van der Waals surface area contributed by atoms with E-state index in [0.717, 1.165) is 48.0 Å². The molecule has 10 heteroatoms. The van der Waals surface area contributed by atoms with E-state index in [1.807, 2.05) is 34.7 Å². The molecule has 4 aliphatic heterocycles. The Hall–Kier alpha value is -2.78. The Morgan fingerprint density at radius 1 is 1.25 bits per heavy atom. The van der Waals surface area contributed by atoms with Crippen molar-refractivity contribution in [1.82, 2.24) is 24.5 Å². The van der Waals surface area contributed by atoms with Crippen LogP contribution in [0.1, 0.15) is 31.0 Å². The molecule has 1 fully saturated rings. The first kappa shape index (κ1) is 16.2. The fourth-order valence-corrected chi connectivity index (χ4v) is 4.45. The van der Waals surface area contributed by atoms with Crippen LogP contribution in [-0.2, 0) is 10.3 Å². The van der Waals surface area contributed by atoms with Gasteiger partial charge in [0.1, 0.15) is 18.0 Å². The van der Waals surface area contributed by atoms with Crippen molar-refractivity contribution in [3.8, 4) is 0 Å². The van der Waals surface area contributed by atoms with E-state index in [4.69, 9.17) is 21.5 Å². The molecule has 0 N–H and O–H groups in total. The fraction of sp³-hybridized carbons (Fsp3) is 0.389. The van der Waals surface area contributed by atoms with Gasteiger partial charge in [0, 0.05) is 23.9 Å². The summed E-state index contributed by atoms with van der Waals surface area (Å²) in [7, 11) is 0. The highest BCUT2D eigenvalue weighted by molar-refractivity contribution is 6.15. The fourth-order valence-electron chi connectivity index (χ4n) is 4.25. The van der Waals surface area contributed by atoms with Crippen LogP contribution in [-0.4, -0.2) is 50.3 Å². The number of ether oxygens (including phenoxy) is 1. The maximum absolute atomic E-state index is 6.33. The second-order valence-electron chi connectivity index (χ2n) is 7.49. The van der Waals surface area contributed by atoms with Crippen molar-refractivity contribution >= 4 is 23.3 Å². The number of aliphatic imine (C=N–C) groups is 1. The van der Waals surface area contributed by atoms with Gasteiger partial charge in [-0.1, -0.05) is 12.1 Å². The van der Waals surface area contributed by atoms with Gasteiger partial charge < -0.3 is 9.64 Å². The molecule has 2 aromatic rings. The maximum Gasteiger partial charge on any atom is 0.162 e. The van der Waals surface area contributed by atoms with Crippen molar-refractivity contribution in [1.29, 1.82) is 0 Å². The van der Waals surface area contributed by atoms with Crippen molar-refractivity contribution in [2.24, 2.45) is 4.99 Å². The van der Waals surface area contributed by atoms with Gasteiger partial charge in [-0.3, -0.25) is 4.42 Å². The third kappa shape index (κ3) is 2.14. The minimum Gasteiger partial charge on any atom is -0.369 e. The van der Waals surface area contributed by atoms with Crippen LogP contribution in [0, 0.1) is 0 Å². The molecule has 9 nitrogen and oxygen atoms in total. The number of hydrogen-bond acceptors (Lipinski definition) is 8. The third-order valence-corrected chi connectivity index (χ3v) is 5.92. The highest BCUT2D eigenvalue weighted by Gasteiger charge is 2.43. The summed E-state index contributed by atoms with van der Waals surface area (Å²) in [5.74, 6) is 1.82. The molecule has 1 atom stereocenters. The molecule has 1 aromatic heterocycles. The second kappa shape index (κ2) is 5.62. The number of hydrogen-bond donors (Lipinski definition) is 0. The van der Waals surface area contributed by atoms with E-state index in [1.165, 1.54) is 0 Å². The molecule has 1 aromatic carbocycles. The van der Waals surface area contributed by atoms with Gasteiger partial charge in [-0.25, -0.2) is 4.99 Å². The molecule has 0 spiro atoms. The monoisotopic (exact) mass is 398 g/mol. The molecule has 28 heavy (non-hydrogen) atoms. The molecule has 0 amide bonds. The second-order valence-corrected chi connectivity index (χ2v) is 7.92. The van der Waals surface area contributed by atoms with Gasteiger partial charge in [-0.15, -0.1) is 9.89 Å². The first-order chi connectivity index (χ1) is 13.6. The minimum absolute atomic E-state index is 0.373. The average Bonchev–Trinajstić information content (AvgIpc) is 3.46. The zero-order valence-corrected chi connectivity index (χ0v) is 16.1. The number of anilines is 1. The maximum atomic E-state index is 6.33. The molecule has 0 saturated carbocycles. The highest BCUT2D eigenvalue weighted by Crippen LogP contribution is 2.39. The number of hydrazine groups is 1. The number of amidine groups is 1. The van der Waals surface area contributed by atoms with Gasteiger partial charge in [-0.05, 0) is 37.1 Å². The summed E-state index contributed by atoms with van der Waals surface area (Å²) in [5.41, 5.74) is 2.63. The Morgan fingerprint density at radius 2 is 2.14 bits per heavy atom. The number of fused-ring (bicyclic) bond motifs is 6.